The number of rotatable bonds is 8. The maximum atomic E-state index is 14.0. The number of nitrogens with two attached hydrogens (primary N) is 1. The molecule has 4 fully saturated rings. The number of imidazole rings is 1. The molecule has 13 nitrogen and oxygen atoms in total. The zero-order valence-corrected chi connectivity index (χ0v) is 28.6. The molecular weight excluding hydrogens is 644 g/mol. The van der Waals surface area contributed by atoms with E-state index in [0.717, 1.165) is 60.3 Å². The maximum Gasteiger partial charge on any atom is 0.256 e. The highest BCUT2D eigenvalue weighted by Gasteiger charge is 2.47. The first-order valence-corrected chi connectivity index (χ1v) is 18.0. The van der Waals surface area contributed by atoms with E-state index in [0.29, 0.717) is 60.4 Å². The highest BCUT2D eigenvalue weighted by atomic mass is 16.5. The van der Waals surface area contributed by atoms with Crippen LogP contribution in [0.15, 0.2) is 48.9 Å². The van der Waals surface area contributed by atoms with Crippen molar-refractivity contribution in [2.75, 3.05) is 26.7 Å². The van der Waals surface area contributed by atoms with Crippen LogP contribution in [0, 0.1) is 29.1 Å². The quantitative estimate of drug-likeness (QED) is 0.252. The standard InChI is InChI=1S/C38H40N10O3/c1-51-31-15-26(38(50)47-21-25-6-7-29(47)33(25)40)13-28-34(31)48(20-23-8-11-45(12-9-23)37(49)27-17-42-32(16-39)43-18-27)36(44-28)30-14-24-3-2-10-41-35(24)46(30)19-22-4-5-22/h2-3,10,13-15,17-18,22-23,25,29,33H,4-9,11-12,19-21,40H2,1H3/t25-,29-,33-/m1/s1. The number of likely N-dealkylation sites (tertiary alicyclic amines) is 2. The number of methoxy groups -OCH3 is 1. The number of pyridine rings is 1. The number of hydrogen-bond donors (Lipinski definition) is 1. The van der Waals surface area contributed by atoms with Crippen molar-refractivity contribution in [1.29, 1.82) is 5.26 Å². The summed E-state index contributed by atoms with van der Waals surface area (Å²) in [7, 11) is 1.65. The van der Waals surface area contributed by atoms with E-state index in [-0.39, 0.29) is 35.6 Å². The minimum atomic E-state index is -0.130. The molecule has 1 aromatic carbocycles. The van der Waals surface area contributed by atoms with E-state index in [1.54, 1.807) is 7.11 Å². The largest absolute Gasteiger partial charge is 0.494 e. The van der Waals surface area contributed by atoms with Gasteiger partial charge in [-0.25, -0.2) is 19.9 Å². The van der Waals surface area contributed by atoms with Crippen molar-refractivity contribution in [2.45, 2.75) is 63.7 Å². The number of benzene rings is 1. The van der Waals surface area contributed by atoms with Crippen molar-refractivity contribution in [3.8, 4) is 23.3 Å². The Balaban J connectivity index is 1.08. The van der Waals surface area contributed by atoms with Crippen molar-refractivity contribution in [3.63, 3.8) is 0 Å². The summed E-state index contributed by atoms with van der Waals surface area (Å²) in [6, 6.07) is 12.0. The second-order valence-corrected chi connectivity index (χ2v) is 14.7. The molecule has 2 aliphatic heterocycles. The van der Waals surface area contributed by atoms with Crippen molar-refractivity contribution in [3.05, 3.63) is 65.9 Å². The van der Waals surface area contributed by atoms with Crippen LogP contribution in [0.25, 0.3) is 33.6 Å². The molecule has 6 heterocycles. The minimum absolute atomic E-state index is 0.0225. The summed E-state index contributed by atoms with van der Waals surface area (Å²) in [5, 5.41) is 10.1. The number of aromatic nitrogens is 6. The van der Waals surface area contributed by atoms with Crippen LogP contribution >= 0.6 is 0 Å². The summed E-state index contributed by atoms with van der Waals surface area (Å²) in [4.78, 5) is 49.1. The molecule has 3 atom stereocenters. The van der Waals surface area contributed by atoms with Crippen LogP contribution in [-0.2, 0) is 13.1 Å². The fourth-order valence-electron chi connectivity index (χ4n) is 8.60. The lowest BCUT2D eigenvalue weighted by molar-refractivity contribution is 0.0679. The van der Waals surface area contributed by atoms with E-state index in [9.17, 15) is 9.59 Å². The van der Waals surface area contributed by atoms with Crippen LogP contribution in [0.4, 0.5) is 0 Å². The molecular formula is C38H40N10O3. The Labute approximate surface area is 295 Å². The number of nitriles is 1. The Kier molecular flexibility index (Phi) is 7.72. The Bertz CT molecular complexity index is 2210. The highest BCUT2D eigenvalue weighted by Crippen LogP contribution is 2.41. The van der Waals surface area contributed by atoms with Gasteiger partial charge in [0.1, 0.15) is 23.0 Å². The molecule has 2 aliphatic carbocycles. The summed E-state index contributed by atoms with van der Waals surface area (Å²) < 4.78 is 10.6. The van der Waals surface area contributed by atoms with Crippen LogP contribution < -0.4 is 10.5 Å². The molecule has 2 saturated heterocycles. The molecule has 4 aliphatic rings. The Hall–Kier alpha value is -5.35. The van der Waals surface area contributed by atoms with Crippen molar-refractivity contribution in [1.82, 2.24) is 38.9 Å². The average Bonchev–Trinajstić information content (AvgIpc) is 3.53. The molecule has 0 unspecified atom stereocenters. The lowest BCUT2D eigenvalue weighted by atomic mass is 9.96. The number of piperidine rings is 2. The van der Waals surface area contributed by atoms with Gasteiger partial charge in [-0.2, -0.15) is 5.26 Å². The smallest absolute Gasteiger partial charge is 0.256 e. The normalized spacial score (nSPS) is 21.9. The highest BCUT2D eigenvalue weighted by molar-refractivity contribution is 6.00. The number of fused-ring (bicyclic) bond motifs is 4. The molecule has 2 saturated carbocycles. The minimum Gasteiger partial charge on any atom is -0.494 e. The topological polar surface area (TPSA) is 161 Å². The first-order valence-electron chi connectivity index (χ1n) is 18.0. The summed E-state index contributed by atoms with van der Waals surface area (Å²) in [6.45, 7) is 3.41. The molecule has 13 heteroatoms. The van der Waals surface area contributed by atoms with Crippen LogP contribution in [0.3, 0.4) is 0 Å². The molecule has 2 amide bonds. The predicted molar refractivity (Wildman–Crippen MR) is 189 cm³/mol. The van der Waals surface area contributed by atoms with Gasteiger partial charge < -0.3 is 29.4 Å². The van der Waals surface area contributed by atoms with E-state index in [2.05, 4.69) is 31.2 Å². The van der Waals surface area contributed by atoms with Crippen LogP contribution in [0.1, 0.15) is 65.1 Å². The van der Waals surface area contributed by atoms with E-state index in [4.69, 9.17) is 25.7 Å². The zero-order chi connectivity index (χ0) is 34.8. The van der Waals surface area contributed by atoms with Crippen LogP contribution in [0.5, 0.6) is 5.75 Å². The van der Waals surface area contributed by atoms with E-state index < -0.39 is 0 Å². The van der Waals surface area contributed by atoms with Gasteiger partial charge in [0.05, 0.1) is 23.9 Å². The fraction of sp³-hybridized carbons (Fsp3) is 0.447. The zero-order valence-electron chi connectivity index (χ0n) is 28.6. The van der Waals surface area contributed by atoms with Crippen molar-refractivity contribution in [2.24, 2.45) is 23.5 Å². The first kappa shape index (κ1) is 31.6. The average molecular weight is 685 g/mol. The number of ether oxygens (including phenoxy) is 1. The lowest BCUT2D eigenvalue weighted by Crippen LogP contribution is -2.41. The molecule has 9 rings (SSSR count). The number of hydrogen-bond acceptors (Lipinski definition) is 9. The Morgan fingerprint density at radius 3 is 2.39 bits per heavy atom. The summed E-state index contributed by atoms with van der Waals surface area (Å²) in [6.07, 6.45) is 10.7. The van der Waals surface area contributed by atoms with E-state index in [1.807, 2.05) is 40.3 Å². The summed E-state index contributed by atoms with van der Waals surface area (Å²) in [5.74, 6) is 2.55. The van der Waals surface area contributed by atoms with Crippen molar-refractivity contribution >= 4 is 33.9 Å². The summed E-state index contributed by atoms with van der Waals surface area (Å²) in [5.41, 5.74) is 10.9. The second-order valence-electron chi connectivity index (χ2n) is 14.7. The van der Waals surface area contributed by atoms with Gasteiger partial charge >= 0.3 is 0 Å². The van der Waals surface area contributed by atoms with Gasteiger partial charge in [-0.05, 0) is 86.6 Å². The maximum absolute atomic E-state index is 14.0. The predicted octanol–water partition coefficient (Wildman–Crippen LogP) is 4.25. The van der Waals surface area contributed by atoms with E-state index >= 15 is 0 Å². The monoisotopic (exact) mass is 684 g/mol. The molecule has 0 spiro atoms. The van der Waals surface area contributed by atoms with Gasteiger partial charge in [0, 0.05) is 74.3 Å². The van der Waals surface area contributed by atoms with Crippen molar-refractivity contribution < 1.29 is 14.3 Å². The number of carbonyl (C=O) groups excluding carboxylic acids is 2. The third-order valence-corrected chi connectivity index (χ3v) is 11.6. The van der Waals surface area contributed by atoms with Gasteiger partial charge in [0.2, 0.25) is 5.82 Å². The molecule has 0 radical (unpaired) electrons. The number of carbonyl (C=O) groups is 2. The molecule has 2 N–H and O–H groups in total. The second kappa shape index (κ2) is 12.5. The van der Waals surface area contributed by atoms with Crippen LogP contribution in [-0.4, -0.2) is 89.5 Å². The van der Waals surface area contributed by atoms with Crippen LogP contribution in [0.2, 0.25) is 0 Å². The fourth-order valence-corrected chi connectivity index (χ4v) is 8.60. The van der Waals surface area contributed by atoms with Gasteiger partial charge in [0.25, 0.3) is 11.8 Å². The Morgan fingerprint density at radius 1 is 0.941 bits per heavy atom. The molecule has 5 aromatic rings. The summed E-state index contributed by atoms with van der Waals surface area (Å²) >= 11 is 0. The molecule has 260 valence electrons. The van der Waals surface area contributed by atoms with Gasteiger partial charge in [-0.3, -0.25) is 9.59 Å². The van der Waals surface area contributed by atoms with Gasteiger partial charge in [0.15, 0.2) is 5.82 Å². The SMILES string of the molecule is COc1cc(C(=O)N2C[C@H]3CC[C@@H]2[C@@H]3N)cc2nc(-c3cc4cccnc4n3CC3CC3)n(CC3CCN(C(=O)c4cnc(C#N)nc4)CC3)c12. The van der Waals surface area contributed by atoms with Gasteiger partial charge in [-0.15, -0.1) is 0 Å². The first-order chi connectivity index (χ1) is 24.9. The number of amides is 2. The Morgan fingerprint density at radius 2 is 1.71 bits per heavy atom. The van der Waals surface area contributed by atoms with Gasteiger partial charge in [-0.1, -0.05) is 0 Å². The third-order valence-electron chi connectivity index (χ3n) is 11.6. The molecule has 2 bridgehead atoms. The van der Waals surface area contributed by atoms with E-state index in [1.165, 1.54) is 25.2 Å². The molecule has 51 heavy (non-hydrogen) atoms. The molecule has 4 aromatic heterocycles. The number of nitrogens with zero attached hydrogens (tertiary/aromatic N) is 9. The third kappa shape index (κ3) is 5.49. The lowest BCUT2D eigenvalue weighted by Gasteiger charge is -2.32.